The second-order valence-electron chi connectivity index (χ2n) is 11.6. The molecule has 8 nitrogen and oxygen atoms in total. The first-order valence-electron chi connectivity index (χ1n) is 12.9. The fraction of sp³-hybridized carbons (Fsp3) is 0.741. The van der Waals surface area contributed by atoms with Gasteiger partial charge in [-0.25, -0.2) is 4.79 Å². The molecule has 1 N–H and O–H groups in total. The van der Waals surface area contributed by atoms with Crippen LogP contribution < -0.4 is 0 Å². The van der Waals surface area contributed by atoms with Crippen molar-refractivity contribution in [2.24, 2.45) is 28.6 Å². The van der Waals surface area contributed by atoms with Crippen molar-refractivity contribution in [1.29, 1.82) is 0 Å². The lowest BCUT2D eigenvalue weighted by Crippen LogP contribution is -2.79. The third-order valence-electron chi connectivity index (χ3n) is 10.4. The van der Waals surface area contributed by atoms with Crippen molar-refractivity contribution in [3.05, 3.63) is 22.3 Å². The van der Waals surface area contributed by atoms with E-state index in [9.17, 15) is 19.5 Å². The maximum absolute atomic E-state index is 13.1. The van der Waals surface area contributed by atoms with Crippen LogP contribution >= 0.6 is 0 Å². The quantitative estimate of drug-likeness (QED) is 0.479. The minimum atomic E-state index is -1.23. The molecule has 35 heavy (non-hydrogen) atoms. The van der Waals surface area contributed by atoms with Crippen LogP contribution in [-0.2, 0) is 28.6 Å². The summed E-state index contributed by atoms with van der Waals surface area (Å²) in [5.41, 5.74) is 1.03. The Hall–Kier alpha value is -2.19. The first-order chi connectivity index (χ1) is 16.6. The van der Waals surface area contributed by atoms with E-state index < -0.39 is 28.6 Å². The maximum atomic E-state index is 13.1. The van der Waals surface area contributed by atoms with Crippen LogP contribution in [0.15, 0.2) is 22.3 Å². The number of ether oxygens (including phenoxy) is 3. The van der Waals surface area contributed by atoms with E-state index in [1.807, 2.05) is 0 Å². The van der Waals surface area contributed by atoms with Crippen LogP contribution in [-0.4, -0.2) is 66.5 Å². The first-order valence-corrected chi connectivity index (χ1v) is 12.9. The number of aliphatic hydroxyl groups is 1. The lowest BCUT2D eigenvalue weighted by molar-refractivity contribution is -0.332. The third-order valence-corrected chi connectivity index (χ3v) is 10.4. The summed E-state index contributed by atoms with van der Waals surface area (Å²) in [6.07, 6.45) is 3.66. The summed E-state index contributed by atoms with van der Waals surface area (Å²) in [6.45, 7) is 6.44. The summed E-state index contributed by atoms with van der Waals surface area (Å²) in [6, 6.07) is 0. The number of hydrogen-bond acceptors (Lipinski definition) is 8. The van der Waals surface area contributed by atoms with E-state index >= 15 is 0 Å². The molecule has 0 radical (unpaired) electrons. The Labute approximate surface area is 205 Å². The number of rotatable bonds is 4. The Morgan fingerprint density at radius 1 is 1.11 bits per heavy atom. The summed E-state index contributed by atoms with van der Waals surface area (Å²) >= 11 is 0. The van der Waals surface area contributed by atoms with Gasteiger partial charge in [0.2, 0.25) is 0 Å². The number of allylic oxidation sites excluding steroid dienone is 2. The van der Waals surface area contributed by atoms with Gasteiger partial charge in [-0.15, -0.1) is 0 Å². The lowest BCUT2D eigenvalue weighted by atomic mass is 9.40. The van der Waals surface area contributed by atoms with Crippen molar-refractivity contribution in [3.8, 4) is 0 Å². The van der Waals surface area contributed by atoms with Crippen molar-refractivity contribution >= 4 is 17.9 Å². The zero-order valence-electron chi connectivity index (χ0n) is 21.0. The van der Waals surface area contributed by atoms with Gasteiger partial charge in [-0.05, 0) is 61.5 Å². The molecule has 2 aliphatic heterocycles. The number of nitrogens with zero attached hydrogens (tertiary/aromatic N) is 1. The van der Waals surface area contributed by atoms with Crippen LogP contribution in [0.1, 0.15) is 59.3 Å². The van der Waals surface area contributed by atoms with Crippen LogP contribution in [0.5, 0.6) is 0 Å². The molecule has 0 amide bonds. The van der Waals surface area contributed by atoms with Gasteiger partial charge in [-0.1, -0.05) is 12.5 Å². The van der Waals surface area contributed by atoms with Gasteiger partial charge < -0.3 is 19.3 Å². The van der Waals surface area contributed by atoms with E-state index in [-0.39, 0.29) is 36.3 Å². The number of methoxy groups -OCH3 is 1. The summed E-state index contributed by atoms with van der Waals surface area (Å²) in [4.78, 5) is 40.0. The van der Waals surface area contributed by atoms with Gasteiger partial charge in [0.1, 0.15) is 18.4 Å². The summed E-state index contributed by atoms with van der Waals surface area (Å²) < 4.78 is 17.2. The molecule has 4 aliphatic carbocycles. The molecule has 8 heteroatoms. The van der Waals surface area contributed by atoms with E-state index in [2.05, 4.69) is 11.8 Å². The van der Waals surface area contributed by atoms with Crippen molar-refractivity contribution in [3.63, 3.8) is 0 Å². The van der Waals surface area contributed by atoms with E-state index in [0.29, 0.717) is 25.0 Å². The third kappa shape index (κ3) is 2.57. The summed E-state index contributed by atoms with van der Waals surface area (Å²) in [5.74, 6) is -1.04. The molecule has 4 bridgehead atoms. The number of esters is 3. The Morgan fingerprint density at radius 3 is 2.57 bits per heavy atom. The molecular weight excluding hydrogens is 450 g/mol. The Bertz CT molecular complexity index is 1090. The molecule has 7 atom stereocenters. The maximum Gasteiger partial charge on any atom is 0.334 e. The summed E-state index contributed by atoms with van der Waals surface area (Å²) in [7, 11) is 1.40. The number of carbonyl (C=O) groups excluding carboxylic acids is 3. The zero-order chi connectivity index (χ0) is 24.9. The van der Waals surface area contributed by atoms with Crippen LogP contribution in [0.4, 0.5) is 0 Å². The molecule has 6 aliphatic rings. The van der Waals surface area contributed by atoms with Crippen molar-refractivity contribution in [1.82, 2.24) is 4.90 Å². The molecule has 190 valence electrons. The van der Waals surface area contributed by atoms with Crippen molar-refractivity contribution in [2.75, 3.05) is 26.8 Å². The van der Waals surface area contributed by atoms with Gasteiger partial charge in [0, 0.05) is 38.4 Å². The molecule has 1 spiro atoms. The second-order valence-corrected chi connectivity index (χ2v) is 11.6. The minimum absolute atomic E-state index is 0.0292. The Morgan fingerprint density at radius 2 is 1.89 bits per heavy atom. The highest BCUT2D eigenvalue weighted by Gasteiger charge is 2.83. The van der Waals surface area contributed by atoms with Crippen LogP contribution in [0.25, 0.3) is 0 Å². The molecule has 7 unspecified atom stereocenters. The number of piperidine rings is 1. The Kier molecular flexibility index (Phi) is 4.92. The predicted octanol–water partition coefficient (Wildman–Crippen LogP) is 2.50. The largest absolute Gasteiger partial charge is 0.466 e. The fourth-order valence-corrected chi connectivity index (χ4v) is 9.49. The average Bonchev–Trinajstić information content (AvgIpc) is 3.42. The minimum Gasteiger partial charge on any atom is -0.466 e. The molecule has 0 aromatic carbocycles. The molecule has 1 saturated carbocycles. The standard InChI is InChI=1S/C27H35NO7/c1-14-11-28-12-18-7-5-17-6-8-19-20(24(31)33-4)10-26(23(17)19)25(18,13-34-15(2)29)22(35-16(3)30)9-21(14)27(26,28)32/h14,18,21-22,32H,5-13H2,1-4H3. The van der Waals surface area contributed by atoms with E-state index in [4.69, 9.17) is 14.2 Å². The molecular formula is C27H35NO7. The highest BCUT2D eigenvalue weighted by molar-refractivity contribution is 5.93. The van der Waals surface area contributed by atoms with Crippen molar-refractivity contribution < 1.29 is 33.7 Å². The molecule has 0 aromatic heterocycles. The normalized spacial score (nSPS) is 43.1. The van der Waals surface area contributed by atoms with E-state index in [1.54, 1.807) is 0 Å². The highest BCUT2D eigenvalue weighted by Crippen LogP contribution is 2.78. The van der Waals surface area contributed by atoms with E-state index in [0.717, 1.165) is 43.4 Å². The van der Waals surface area contributed by atoms with Crippen LogP contribution in [0.2, 0.25) is 0 Å². The fourth-order valence-electron chi connectivity index (χ4n) is 9.49. The molecule has 0 aromatic rings. The van der Waals surface area contributed by atoms with Crippen LogP contribution in [0.3, 0.4) is 0 Å². The highest BCUT2D eigenvalue weighted by atomic mass is 16.6. The van der Waals surface area contributed by atoms with E-state index in [1.165, 1.54) is 26.5 Å². The van der Waals surface area contributed by atoms with Gasteiger partial charge >= 0.3 is 17.9 Å². The molecule has 2 saturated heterocycles. The molecule has 3 fully saturated rings. The predicted molar refractivity (Wildman–Crippen MR) is 123 cm³/mol. The number of hydrogen-bond donors (Lipinski definition) is 1. The van der Waals surface area contributed by atoms with Gasteiger partial charge in [0.15, 0.2) is 0 Å². The lowest BCUT2D eigenvalue weighted by Gasteiger charge is -2.70. The zero-order valence-corrected chi connectivity index (χ0v) is 21.0. The topological polar surface area (TPSA) is 102 Å². The average molecular weight is 486 g/mol. The molecule has 6 rings (SSSR count). The van der Waals surface area contributed by atoms with Crippen LogP contribution in [0, 0.1) is 28.6 Å². The van der Waals surface area contributed by atoms with Crippen molar-refractivity contribution in [2.45, 2.75) is 71.1 Å². The first kappa shape index (κ1) is 23.2. The van der Waals surface area contributed by atoms with Gasteiger partial charge in [-0.3, -0.25) is 14.5 Å². The van der Waals surface area contributed by atoms with Gasteiger partial charge in [-0.2, -0.15) is 0 Å². The SMILES string of the molecule is COC(=O)C1=C2CCC3=C2C2(C1)C1(COC(C)=O)C(CC3)CN3CC(C)C(CC1OC(C)=O)C32O. The smallest absolute Gasteiger partial charge is 0.334 e. The monoisotopic (exact) mass is 485 g/mol. The second kappa shape index (κ2) is 7.42. The van der Waals surface area contributed by atoms with Gasteiger partial charge in [0.25, 0.3) is 0 Å². The Balaban J connectivity index is 1.68. The summed E-state index contributed by atoms with van der Waals surface area (Å²) in [5, 5.41) is 13.0. The number of carbonyl (C=O) groups is 3. The molecule has 2 heterocycles. The van der Waals surface area contributed by atoms with Gasteiger partial charge in [0.05, 0.1) is 17.9 Å².